The van der Waals surface area contributed by atoms with Gasteiger partial charge in [0, 0.05) is 9.75 Å². The summed E-state index contributed by atoms with van der Waals surface area (Å²) in [4.78, 5) is 2.87. The van der Waals surface area contributed by atoms with Gasteiger partial charge in [-0.1, -0.05) is 13.0 Å². The van der Waals surface area contributed by atoms with Gasteiger partial charge in [0.2, 0.25) is 0 Å². The van der Waals surface area contributed by atoms with Gasteiger partial charge in [-0.05, 0) is 31.4 Å². The molecule has 0 spiro atoms. The molecule has 0 amide bonds. The van der Waals surface area contributed by atoms with Gasteiger partial charge in [-0.3, -0.25) is 0 Å². The average Bonchev–Trinajstić information content (AvgIpc) is 2.35. The van der Waals surface area contributed by atoms with Crippen molar-refractivity contribution in [3.63, 3.8) is 0 Å². The van der Waals surface area contributed by atoms with Crippen molar-refractivity contribution < 1.29 is 0 Å². The molecule has 1 heterocycles. The van der Waals surface area contributed by atoms with E-state index < -0.39 is 0 Å². The van der Waals surface area contributed by atoms with Gasteiger partial charge in [-0.15, -0.1) is 17.9 Å². The summed E-state index contributed by atoms with van der Waals surface area (Å²) in [6, 6.07) is 4.38. The van der Waals surface area contributed by atoms with E-state index in [1.807, 2.05) is 17.4 Å². The van der Waals surface area contributed by atoms with E-state index >= 15 is 0 Å². The quantitative estimate of drug-likeness (QED) is 0.603. The minimum Gasteiger partial charge on any atom is -0.146 e. The van der Waals surface area contributed by atoms with Crippen LogP contribution in [0, 0.1) is 12.8 Å². The molecule has 11 heavy (non-hydrogen) atoms. The highest BCUT2D eigenvalue weighted by Crippen LogP contribution is 2.18. The lowest BCUT2D eigenvalue weighted by molar-refractivity contribution is 0.735. The summed E-state index contributed by atoms with van der Waals surface area (Å²) in [5.41, 5.74) is 0. The van der Waals surface area contributed by atoms with Gasteiger partial charge >= 0.3 is 0 Å². The minimum atomic E-state index is 0.605. The topological polar surface area (TPSA) is 0 Å². The van der Waals surface area contributed by atoms with E-state index in [1.165, 1.54) is 9.75 Å². The van der Waals surface area contributed by atoms with Crippen molar-refractivity contribution in [1.82, 2.24) is 0 Å². The van der Waals surface area contributed by atoms with Crippen LogP contribution in [0.4, 0.5) is 0 Å². The van der Waals surface area contributed by atoms with Crippen LogP contribution in [0.1, 0.15) is 16.7 Å². The second-order valence-electron chi connectivity index (χ2n) is 2.93. The smallest absolute Gasteiger partial charge is 0.00538 e. The second-order valence-corrected chi connectivity index (χ2v) is 4.30. The normalized spacial score (nSPS) is 12.9. The van der Waals surface area contributed by atoms with Gasteiger partial charge in [0.05, 0.1) is 0 Å². The predicted octanol–water partition coefficient (Wildman–Crippen LogP) is 3.42. The van der Waals surface area contributed by atoms with Crippen LogP contribution in [0.15, 0.2) is 24.8 Å². The first-order valence-corrected chi connectivity index (χ1v) is 4.72. The standard InChI is InChI=1S/C10H14S/c1-4-8(2)7-10-6-5-9(3)11-10/h4-6,8H,1,7H2,2-3H3. The molecule has 0 aliphatic carbocycles. The van der Waals surface area contributed by atoms with Crippen LogP contribution in [0.3, 0.4) is 0 Å². The molecule has 60 valence electrons. The van der Waals surface area contributed by atoms with Crippen LogP contribution in [0.25, 0.3) is 0 Å². The number of allylic oxidation sites excluding steroid dienone is 1. The Balaban J connectivity index is 2.57. The van der Waals surface area contributed by atoms with Crippen LogP contribution in [-0.2, 0) is 6.42 Å². The van der Waals surface area contributed by atoms with Crippen LogP contribution < -0.4 is 0 Å². The maximum atomic E-state index is 3.77. The van der Waals surface area contributed by atoms with E-state index in [-0.39, 0.29) is 0 Å². The summed E-state index contributed by atoms with van der Waals surface area (Å²) in [5, 5.41) is 0. The number of hydrogen-bond acceptors (Lipinski definition) is 1. The molecule has 0 fully saturated rings. The van der Waals surface area contributed by atoms with Gasteiger partial charge < -0.3 is 0 Å². The summed E-state index contributed by atoms with van der Waals surface area (Å²) in [6.07, 6.45) is 3.15. The van der Waals surface area contributed by atoms with Gasteiger partial charge in [0.1, 0.15) is 0 Å². The van der Waals surface area contributed by atoms with E-state index in [4.69, 9.17) is 0 Å². The fourth-order valence-corrected chi connectivity index (χ4v) is 2.03. The zero-order valence-electron chi connectivity index (χ0n) is 7.13. The molecular weight excluding hydrogens is 152 g/mol. The van der Waals surface area contributed by atoms with Gasteiger partial charge in [0.25, 0.3) is 0 Å². The fraction of sp³-hybridized carbons (Fsp3) is 0.400. The summed E-state index contributed by atoms with van der Waals surface area (Å²) >= 11 is 1.88. The monoisotopic (exact) mass is 166 g/mol. The molecule has 0 nitrogen and oxygen atoms in total. The third-order valence-corrected chi connectivity index (χ3v) is 2.74. The van der Waals surface area contributed by atoms with E-state index in [1.54, 1.807) is 0 Å². The molecule has 1 atom stereocenters. The molecule has 1 heteroatoms. The maximum Gasteiger partial charge on any atom is 0.00538 e. The lowest BCUT2D eigenvalue weighted by atomic mass is 10.1. The van der Waals surface area contributed by atoms with Crippen LogP contribution in [0.5, 0.6) is 0 Å². The molecule has 0 radical (unpaired) electrons. The van der Waals surface area contributed by atoms with Crippen LogP contribution >= 0.6 is 11.3 Å². The van der Waals surface area contributed by atoms with Crippen LogP contribution in [-0.4, -0.2) is 0 Å². The minimum absolute atomic E-state index is 0.605. The van der Waals surface area contributed by atoms with E-state index in [0.717, 1.165) is 6.42 Å². The SMILES string of the molecule is C=CC(C)Cc1ccc(C)s1. The van der Waals surface area contributed by atoms with E-state index in [9.17, 15) is 0 Å². The first-order valence-electron chi connectivity index (χ1n) is 3.90. The summed E-state index contributed by atoms with van der Waals surface area (Å²) < 4.78 is 0. The van der Waals surface area contributed by atoms with Gasteiger partial charge in [-0.25, -0.2) is 0 Å². The molecule has 1 rings (SSSR count). The zero-order chi connectivity index (χ0) is 8.27. The predicted molar refractivity (Wildman–Crippen MR) is 52.1 cm³/mol. The lowest BCUT2D eigenvalue weighted by Gasteiger charge is -2.00. The molecule has 1 aromatic heterocycles. The molecule has 0 saturated carbocycles. The van der Waals surface area contributed by atoms with Crippen molar-refractivity contribution >= 4 is 11.3 Å². The summed E-state index contributed by atoms with van der Waals surface area (Å²) in [7, 11) is 0. The van der Waals surface area contributed by atoms with Gasteiger partial charge in [-0.2, -0.15) is 0 Å². The van der Waals surface area contributed by atoms with Crippen molar-refractivity contribution in [3.05, 3.63) is 34.5 Å². The van der Waals surface area contributed by atoms with Gasteiger partial charge in [0.15, 0.2) is 0 Å². The van der Waals surface area contributed by atoms with Crippen molar-refractivity contribution in [2.75, 3.05) is 0 Å². The number of hydrogen-bond donors (Lipinski definition) is 0. The lowest BCUT2D eigenvalue weighted by Crippen LogP contribution is -1.91. The summed E-state index contributed by atoms with van der Waals surface area (Å²) in [5.74, 6) is 0.605. The molecule has 0 aromatic carbocycles. The molecule has 0 N–H and O–H groups in total. The zero-order valence-corrected chi connectivity index (χ0v) is 7.95. The molecule has 1 aromatic rings. The Bertz CT molecular complexity index is 235. The highest BCUT2D eigenvalue weighted by Gasteiger charge is 2.00. The maximum absolute atomic E-state index is 3.77. The highest BCUT2D eigenvalue weighted by atomic mass is 32.1. The Hall–Kier alpha value is -0.560. The van der Waals surface area contributed by atoms with Crippen molar-refractivity contribution in [2.45, 2.75) is 20.3 Å². The molecule has 1 unspecified atom stereocenters. The largest absolute Gasteiger partial charge is 0.146 e. The number of thiophene rings is 1. The fourth-order valence-electron chi connectivity index (χ4n) is 0.996. The first kappa shape index (κ1) is 8.54. The van der Waals surface area contributed by atoms with Crippen molar-refractivity contribution in [3.8, 4) is 0 Å². The Morgan fingerprint density at radius 1 is 1.64 bits per heavy atom. The molecule has 0 aliphatic rings. The summed E-state index contributed by atoms with van der Waals surface area (Å²) in [6.45, 7) is 8.11. The van der Waals surface area contributed by atoms with E-state index in [2.05, 4.69) is 32.6 Å². The second kappa shape index (κ2) is 3.72. The Kier molecular flexibility index (Phi) is 2.89. The number of rotatable bonds is 3. The Morgan fingerprint density at radius 2 is 2.36 bits per heavy atom. The Labute approximate surface area is 72.6 Å². The molecule has 0 aliphatic heterocycles. The molecular formula is C10H14S. The van der Waals surface area contributed by atoms with Crippen molar-refractivity contribution in [2.24, 2.45) is 5.92 Å². The molecule has 0 bridgehead atoms. The highest BCUT2D eigenvalue weighted by molar-refractivity contribution is 7.11. The third-order valence-electron chi connectivity index (χ3n) is 1.72. The molecule has 0 saturated heterocycles. The number of aryl methyl sites for hydroxylation is 1. The first-order chi connectivity index (χ1) is 5.22. The van der Waals surface area contributed by atoms with Crippen molar-refractivity contribution in [1.29, 1.82) is 0 Å². The van der Waals surface area contributed by atoms with Crippen LogP contribution in [0.2, 0.25) is 0 Å². The third kappa shape index (κ3) is 2.51. The van der Waals surface area contributed by atoms with E-state index in [0.29, 0.717) is 5.92 Å². The Morgan fingerprint density at radius 3 is 2.82 bits per heavy atom. The average molecular weight is 166 g/mol.